The van der Waals surface area contributed by atoms with Gasteiger partial charge in [0.25, 0.3) is 5.79 Å². The summed E-state index contributed by atoms with van der Waals surface area (Å²) < 4.78 is 5.62. The molecule has 0 amide bonds. The predicted octanol–water partition coefficient (Wildman–Crippen LogP) is 4.02. The molecule has 3 aromatic rings. The molecule has 1 heterocycles. The van der Waals surface area contributed by atoms with Gasteiger partial charge in [-0.15, -0.1) is 0 Å². The maximum atomic E-state index is 11.5. The molecule has 0 aliphatic carbocycles. The second-order valence-corrected chi connectivity index (χ2v) is 5.76. The van der Waals surface area contributed by atoms with Crippen molar-refractivity contribution in [2.24, 2.45) is 0 Å². The molecule has 0 bridgehead atoms. The Morgan fingerprint density at radius 3 is 2.46 bits per heavy atom. The summed E-state index contributed by atoms with van der Waals surface area (Å²) >= 11 is 0. The molecule has 2 atom stereocenters. The highest BCUT2D eigenvalue weighted by Crippen LogP contribution is 2.40. The van der Waals surface area contributed by atoms with E-state index in [1.165, 1.54) is 6.92 Å². The summed E-state index contributed by atoms with van der Waals surface area (Å²) in [7, 11) is 0. The molecule has 0 spiro atoms. The van der Waals surface area contributed by atoms with Crippen LogP contribution in [0.4, 0.5) is 0 Å². The number of nitriles is 1. The van der Waals surface area contributed by atoms with Crippen LogP contribution in [0.25, 0.3) is 21.5 Å². The summed E-state index contributed by atoms with van der Waals surface area (Å²) in [6, 6.07) is 17.1. The SMILES string of the molecule is CC1(C#N)OOC(c2cccc3ccc4cccc(C=O)c4c23)O1. The van der Waals surface area contributed by atoms with Gasteiger partial charge in [0.05, 0.1) is 0 Å². The first-order valence-corrected chi connectivity index (χ1v) is 7.48. The Hall–Kier alpha value is -2.78. The smallest absolute Gasteiger partial charge is 0.289 e. The van der Waals surface area contributed by atoms with Crippen molar-refractivity contribution >= 4 is 27.8 Å². The molecule has 2 unspecified atom stereocenters. The fourth-order valence-electron chi connectivity index (χ4n) is 3.05. The molecule has 0 N–H and O–H groups in total. The quantitative estimate of drug-likeness (QED) is 0.405. The molecule has 24 heavy (non-hydrogen) atoms. The zero-order valence-electron chi connectivity index (χ0n) is 12.9. The third-order valence-electron chi connectivity index (χ3n) is 4.16. The molecule has 0 radical (unpaired) electrons. The first-order valence-electron chi connectivity index (χ1n) is 7.48. The lowest BCUT2D eigenvalue weighted by atomic mass is 9.94. The highest BCUT2D eigenvalue weighted by molar-refractivity contribution is 6.15. The Kier molecular flexibility index (Phi) is 3.32. The second kappa shape index (κ2) is 5.39. The standard InChI is InChI=1S/C19H13NO4/c1-19(11-20)22-18(23-24-19)15-7-3-5-13-9-8-12-4-2-6-14(10-21)16(12)17(13)15/h2-10,18H,1H3. The van der Waals surface area contributed by atoms with Crippen LogP contribution in [0.5, 0.6) is 0 Å². The normalized spacial score (nSPS) is 23.4. The first kappa shape index (κ1) is 14.8. The number of carbonyl (C=O) groups excluding carboxylic acids is 1. The highest BCUT2D eigenvalue weighted by Gasteiger charge is 2.41. The van der Waals surface area contributed by atoms with Gasteiger partial charge in [0, 0.05) is 23.4 Å². The summed E-state index contributed by atoms with van der Waals surface area (Å²) in [4.78, 5) is 21.8. The monoisotopic (exact) mass is 319 g/mol. The number of nitrogens with zero attached hydrogens (tertiary/aromatic N) is 1. The largest absolute Gasteiger partial charge is 0.299 e. The minimum Gasteiger partial charge on any atom is -0.299 e. The van der Waals surface area contributed by atoms with Gasteiger partial charge >= 0.3 is 0 Å². The summed E-state index contributed by atoms with van der Waals surface area (Å²) in [6.07, 6.45) is -0.00573. The third-order valence-corrected chi connectivity index (χ3v) is 4.16. The van der Waals surface area contributed by atoms with E-state index in [2.05, 4.69) is 0 Å². The lowest BCUT2D eigenvalue weighted by molar-refractivity contribution is -0.312. The van der Waals surface area contributed by atoms with Crippen molar-refractivity contribution in [1.82, 2.24) is 0 Å². The van der Waals surface area contributed by atoms with Crippen LogP contribution in [-0.2, 0) is 14.5 Å². The molecule has 4 rings (SSSR count). The van der Waals surface area contributed by atoms with E-state index in [0.717, 1.165) is 27.8 Å². The fraction of sp³-hybridized carbons (Fsp3) is 0.158. The van der Waals surface area contributed by atoms with Gasteiger partial charge in [-0.3, -0.25) is 9.53 Å². The Labute approximate surface area is 137 Å². The van der Waals surface area contributed by atoms with E-state index in [4.69, 9.17) is 19.8 Å². The molecule has 0 saturated carbocycles. The molecule has 1 aliphatic rings. The lowest BCUT2D eigenvalue weighted by Gasteiger charge is -2.15. The van der Waals surface area contributed by atoms with Crippen molar-refractivity contribution in [3.63, 3.8) is 0 Å². The topological polar surface area (TPSA) is 68.5 Å². The van der Waals surface area contributed by atoms with Gasteiger partial charge < -0.3 is 0 Å². The molecule has 5 heteroatoms. The fourth-order valence-corrected chi connectivity index (χ4v) is 3.05. The summed E-state index contributed by atoms with van der Waals surface area (Å²) in [5.74, 6) is -1.45. The summed E-state index contributed by atoms with van der Waals surface area (Å²) in [5.41, 5.74) is 1.30. The number of hydrogen-bond acceptors (Lipinski definition) is 5. The molecule has 5 nitrogen and oxygen atoms in total. The Balaban J connectivity index is 2.02. The van der Waals surface area contributed by atoms with Crippen molar-refractivity contribution in [2.45, 2.75) is 19.0 Å². The Bertz CT molecular complexity index is 1010. The van der Waals surface area contributed by atoms with E-state index in [0.29, 0.717) is 11.1 Å². The van der Waals surface area contributed by atoms with E-state index in [9.17, 15) is 4.79 Å². The second-order valence-electron chi connectivity index (χ2n) is 5.76. The average Bonchev–Trinajstić information content (AvgIpc) is 3.03. The number of aldehydes is 1. The maximum absolute atomic E-state index is 11.5. The summed E-state index contributed by atoms with van der Waals surface area (Å²) in [5, 5.41) is 12.7. The number of hydrogen-bond donors (Lipinski definition) is 0. The molecule has 0 aromatic heterocycles. The van der Waals surface area contributed by atoms with E-state index in [1.54, 1.807) is 6.07 Å². The van der Waals surface area contributed by atoms with Crippen LogP contribution in [0, 0.1) is 11.3 Å². The zero-order valence-corrected chi connectivity index (χ0v) is 12.9. The minimum absolute atomic E-state index is 0.590. The van der Waals surface area contributed by atoms with Gasteiger partial charge in [0.1, 0.15) is 6.07 Å². The Morgan fingerprint density at radius 2 is 1.79 bits per heavy atom. The number of ether oxygens (including phenoxy) is 1. The third kappa shape index (κ3) is 2.17. The average molecular weight is 319 g/mol. The van der Waals surface area contributed by atoms with Crippen LogP contribution in [-0.4, -0.2) is 12.1 Å². The molecular formula is C19H13NO4. The molecule has 3 aromatic carbocycles. The van der Waals surface area contributed by atoms with Gasteiger partial charge in [-0.25, -0.2) is 0 Å². The van der Waals surface area contributed by atoms with Gasteiger partial charge in [0.2, 0.25) is 6.29 Å². The Morgan fingerprint density at radius 1 is 1.08 bits per heavy atom. The van der Waals surface area contributed by atoms with Crippen LogP contribution in [0.1, 0.15) is 29.1 Å². The van der Waals surface area contributed by atoms with E-state index in [1.807, 2.05) is 48.5 Å². The van der Waals surface area contributed by atoms with Crippen LogP contribution >= 0.6 is 0 Å². The van der Waals surface area contributed by atoms with Gasteiger partial charge in [-0.2, -0.15) is 15.0 Å². The van der Waals surface area contributed by atoms with Crippen LogP contribution < -0.4 is 0 Å². The minimum atomic E-state index is -1.45. The van der Waals surface area contributed by atoms with Crippen LogP contribution in [0.15, 0.2) is 48.5 Å². The summed E-state index contributed by atoms with van der Waals surface area (Å²) in [6.45, 7) is 1.49. The number of benzene rings is 3. The van der Waals surface area contributed by atoms with Crippen LogP contribution in [0.2, 0.25) is 0 Å². The number of rotatable bonds is 2. The van der Waals surface area contributed by atoms with E-state index >= 15 is 0 Å². The predicted molar refractivity (Wildman–Crippen MR) is 86.9 cm³/mol. The maximum Gasteiger partial charge on any atom is 0.289 e. The molecule has 1 aliphatic heterocycles. The molecule has 1 saturated heterocycles. The van der Waals surface area contributed by atoms with Gasteiger partial charge in [-0.1, -0.05) is 48.5 Å². The first-order chi connectivity index (χ1) is 11.6. The molecular weight excluding hydrogens is 306 g/mol. The van der Waals surface area contributed by atoms with E-state index in [-0.39, 0.29) is 0 Å². The van der Waals surface area contributed by atoms with Crippen molar-refractivity contribution in [2.75, 3.05) is 0 Å². The van der Waals surface area contributed by atoms with Gasteiger partial charge in [-0.05, 0) is 16.2 Å². The number of carbonyl (C=O) groups is 1. The van der Waals surface area contributed by atoms with E-state index < -0.39 is 12.1 Å². The van der Waals surface area contributed by atoms with Crippen molar-refractivity contribution in [3.8, 4) is 6.07 Å². The molecule has 118 valence electrons. The number of fused-ring (bicyclic) bond motifs is 3. The van der Waals surface area contributed by atoms with Crippen LogP contribution in [0.3, 0.4) is 0 Å². The molecule has 1 fully saturated rings. The zero-order chi connectivity index (χ0) is 16.7. The lowest BCUT2D eigenvalue weighted by Crippen LogP contribution is -2.22. The van der Waals surface area contributed by atoms with Crippen molar-refractivity contribution < 1.29 is 19.3 Å². The van der Waals surface area contributed by atoms with Crippen molar-refractivity contribution in [1.29, 1.82) is 5.26 Å². The highest BCUT2D eigenvalue weighted by atomic mass is 17.3. The van der Waals surface area contributed by atoms with Crippen molar-refractivity contribution in [3.05, 3.63) is 59.7 Å². The van der Waals surface area contributed by atoms with Gasteiger partial charge in [0.15, 0.2) is 6.29 Å².